The molecule has 0 aromatic heterocycles. The third kappa shape index (κ3) is 4.34. The van der Waals surface area contributed by atoms with Crippen LogP contribution < -0.4 is 0 Å². The van der Waals surface area contributed by atoms with Crippen LogP contribution in [-0.4, -0.2) is 52.1 Å². The van der Waals surface area contributed by atoms with E-state index in [0.717, 1.165) is 25.0 Å². The van der Waals surface area contributed by atoms with Crippen LogP contribution in [0.15, 0.2) is 41.4 Å². The van der Waals surface area contributed by atoms with Gasteiger partial charge in [0.05, 0.1) is 6.04 Å². The molecule has 1 aromatic carbocycles. The second-order valence-electron chi connectivity index (χ2n) is 9.33. The van der Waals surface area contributed by atoms with E-state index in [1.165, 1.54) is 12.1 Å². The fourth-order valence-corrected chi connectivity index (χ4v) is 4.75. The van der Waals surface area contributed by atoms with Gasteiger partial charge in [-0.05, 0) is 75.6 Å². The largest absolute Gasteiger partial charge is 0.421 e. The van der Waals surface area contributed by atoms with Crippen molar-refractivity contribution in [2.75, 3.05) is 0 Å². The first-order valence-electron chi connectivity index (χ1n) is 11.1. The molecule has 1 N–H and O–H groups in total. The Kier molecular flexibility index (Phi) is 5.94. The first kappa shape index (κ1) is 23.0. The summed E-state index contributed by atoms with van der Waals surface area (Å²) in [6.07, 6.45) is 4.63. The summed E-state index contributed by atoms with van der Waals surface area (Å²) in [5, 5.41) is 9.85. The Morgan fingerprint density at radius 2 is 1.69 bits per heavy atom. The van der Waals surface area contributed by atoms with Crippen molar-refractivity contribution in [1.29, 1.82) is 0 Å². The lowest BCUT2D eigenvalue weighted by Gasteiger charge is -2.42. The molecule has 2 fully saturated rings. The van der Waals surface area contributed by atoms with Crippen LogP contribution in [0.3, 0.4) is 0 Å². The van der Waals surface area contributed by atoms with Crippen molar-refractivity contribution in [3.05, 3.63) is 47.5 Å². The Morgan fingerprint density at radius 3 is 2.19 bits per heavy atom. The zero-order chi connectivity index (χ0) is 23.1. The Bertz CT molecular complexity index is 896. The van der Waals surface area contributed by atoms with Gasteiger partial charge in [0.2, 0.25) is 0 Å². The molecule has 174 valence electrons. The third-order valence-electron chi connectivity index (χ3n) is 7.05. The standard InChI is InChI=1S/C24H28F4N2O2/c1-22(32,24(26,27)28)17-7-5-16(6-8-17)21(31)30(18-9-10-18)19-11-13-23(25,14-12-19)20-4-2-3-15-29-20/h2-3,5-8,15,18-20,32H,4,9-14H2,1H3/t19-,20?,22-,23+/m0/s1. The topological polar surface area (TPSA) is 52.9 Å². The fourth-order valence-electron chi connectivity index (χ4n) is 4.75. The first-order valence-corrected chi connectivity index (χ1v) is 11.1. The smallest absolute Gasteiger partial charge is 0.376 e. The second kappa shape index (κ2) is 8.28. The van der Waals surface area contributed by atoms with Gasteiger partial charge in [-0.1, -0.05) is 18.2 Å². The van der Waals surface area contributed by atoms with Gasteiger partial charge in [-0.15, -0.1) is 0 Å². The first-order chi connectivity index (χ1) is 15.0. The van der Waals surface area contributed by atoms with Crippen LogP contribution >= 0.6 is 0 Å². The molecule has 0 radical (unpaired) electrons. The lowest BCUT2D eigenvalue weighted by molar-refractivity contribution is -0.258. The van der Waals surface area contributed by atoms with E-state index in [1.54, 1.807) is 11.1 Å². The van der Waals surface area contributed by atoms with Crippen LogP contribution in [-0.2, 0) is 5.60 Å². The highest BCUT2D eigenvalue weighted by molar-refractivity contribution is 5.95. The van der Waals surface area contributed by atoms with Gasteiger partial charge < -0.3 is 10.0 Å². The third-order valence-corrected chi connectivity index (χ3v) is 7.05. The molecule has 4 rings (SSSR count). The summed E-state index contributed by atoms with van der Waals surface area (Å²) < 4.78 is 54.8. The molecule has 8 heteroatoms. The number of dihydropyridines is 1. The quantitative estimate of drug-likeness (QED) is 0.631. The molecule has 0 bridgehead atoms. The molecule has 32 heavy (non-hydrogen) atoms. The lowest BCUT2D eigenvalue weighted by Crippen LogP contribution is -2.49. The number of rotatable bonds is 5. The highest BCUT2D eigenvalue weighted by atomic mass is 19.4. The average molecular weight is 452 g/mol. The molecule has 1 heterocycles. The minimum atomic E-state index is -4.82. The van der Waals surface area contributed by atoms with Crippen molar-refractivity contribution in [3.63, 3.8) is 0 Å². The number of hydrogen-bond donors (Lipinski definition) is 1. The fraction of sp³-hybridized carbons (Fsp3) is 0.583. The van der Waals surface area contributed by atoms with Gasteiger partial charge in [-0.3, -0.25) is 9.79 Å². The van der Waals surface area contributed by atoms with Crippen LogP contribution in [0.4, 0.5) is 17.6 Å². The number of aliphatic imine (C=N–C) groups is 1. The van der Waals surface area contributed by atoms with E-state index in [0.29, 0.717) is 39.0 Å². The number of carbonyl (C=O) groups excluding carboxylic acids is 1. The average Bonchev–Trinajstić information content (AvgIpc) is 3.60. The molecule has 2 saturated carbocycles. The summed E-state index contributed by atoms with van der Waals surface area (Å²) in [7, 11) is 0. The Morgan fingerprint density at radius 1 is 1.09 bits per heavy atom. The van der Waals surface area contributed by atoms with Crippen LogP contribution in [0.2, 0.25) is 0 Å². The Hall–Kier alpha value is -2.22. The van der Waals surface area contributed by atoms with Crippen LogP contribution in [0.1, 0.15) is 67.8 Å². The minimum absolute atomic E-state index is 0.0909. The number of aliphatic hydroxyl groups is 1. The minimum Gasteiger partial charge on any atom is -0.376 e. The van der Waals surface area contributed by atoms with E-state index in [9.17, 15) is 23.1 Å². The number of nitrogens with zero attached hydrogens (tertiary/aromatic N) is 2. The van der Waals surface area contributed by atoms with Crippen molar-refractivity contribution < 1.29 is 27.5 Å². The summed E-state index contributed by atoms with van der Waals surface area (Å²) in [6, 6.07) is 4.57. The van der Waals surface area contributed by atoms with Gasteiger partial charge in [-0.25, -0.2) is 4.39 Å². The second-order valence-corrected chi connectivity index (χ2v) is 9.33. The van der Waals surface area contributed by atoms with Gasteiger partial charge in [0, 0.05) is 23.9 Å². The molecule has 1 amide bonds. The monoisotopic (exact) mass is 452 g/mol. The molecular weight excluding hydrogens is 424 g/mol. The number of allylic oxidation sites excluding steroid dienone is 1. The highest BCUT2D eigenvalue weighted by Crippen LogP contribution is 2.43. The van der Waals surface area contributed by atoms with Crippen LogP contribution in [0.25, 0.3) is 0 Å². The number of benzene rings is 1. The molecule has 0 saturated heterocycles. The number of amides is 1. The van der Waals surface area contributed by atoms with Crippen molar-refractivity contribution in [2.24, 2.45) is 4.99 Å². The Balaban J connectivity index is 1.46. The highest BCUT2D eigenvalue weighted by Gasteiger charge is 2.51. The van der Waals surface area contributed by atoms with Crippen molar-refractivity contribution in [3.8, 4) is 0 Å². The molecule has 2 atom stereocenters. The van der Waals surface area contributed by atoms with E-state index < -0.39 is 17.4 Å². The maximum atomic E-state index is 15.5. The predicted molar refractivity (Wildman–Crippen MR) is 113 cm³/mol. The van der Waals surface area contributed by atoms with Gasteiger partial charge in [0.25, 0.3) is 5.91 Å². The number of hydrogen-bond acceptors (Lipinski definition) is 3. The van der Waals surface area contributed by atoms with Gasteiger partial charge in [-0.2, -0.15) is 13.2 Å². The molecule has 4 nitrogen and oxygen atoms in total. The number of alkyl halides is 4. The summed E-state index contributed by atoms with van der Waals surface area (Å²) >= 11 is 0. The lowest BCUT2D eigenvalue weighted by atomic mass is 9.77. The summed E-state index contributed by atoms with van der Waals surface area (Å²) in [5.41, 5.74) is -4.41. The van der Waals surface area contributed by atoms with E-state index >= 15 is 4.39 Å². The SMILES string of the molecule is C[C@](O)(c1ccc(C(=O)N(C2CC2)[C@H]2CC[C@](F)(C3CC=CC=N3)CC2)cc1)C(F)(F)F. The zero-order valence-corrected chi connectivity index (χ0v) is 18.0. The van der Waals surface area contributed by atoms with Gasteiger partial charge >= 0.3 is 6.18 Å². The van der Waals surface area contributed by atoms with Gasteiger partial charge in [0.1, 0.15) is 5.67 Å². The summed E-state index contributed by atoms with van der Waals surface area (Å²) in [5.74, 6) is -0.249. The van der Waals surface area contributed by atoms with Crippen molar-refractivity contribution in [2.45, 2.75) is 87.4 Å². The molecule has 1 unspecified atom stereocenters. The number of carbonyl (C=O) groups is 1. The van der Waals surface area contributed by atoms with Gasteiger partial charge in [0.15, 0.2) is 5.60 Å². The predicted octanol–water partition coefficient (Wildman–Crippen LogP) is 5.11. The molecule has 1 aliphatic heterocycles. The molecule has 0 spiro atoms. The van der Waals surface area contributed by atoms with E-state index in [-0.39, 0.29) is 35.2 Å². The van der Waals surface area contributed by atoms with Crippen molar-refractivity contribution >= 4 is 12.1 Å². The maximum Gasteiger partial charge on any atom is 0.421 e. The van der Waals surface area contributed by atoms with E-state index in [4.69, 9.17) is 0 Å². The van der Waals surface area contributed by atoms with E-state index in [1.807, 2.05) is 12.2 Å². The molecular formula is C24H28F4N2O2. The van der Waals surface area contributed by atoms with Crippen LogP contribution in [0, 0.1) is 0 Å². The zero-order valence-electron chi connectivity index (χ0n) is 18.0. The van der Waals surface area contributed by atoms with Crippen molar-refractivity contribution in [1.82, 2.24) is 4.90 Å². The van der Waals surface area contributed by atoms with Crippen LogP contribution in [0.5, 0.6) is 0 Å². The number of halogens is 4. The molecule has 3 aliphatic rings. The maximum absolute atomic E-state index is 15.5. The normalized spacial score (nSPS) is 30.1. The Labute approximate surface area is 185 Å². The molecule has 1 aromatic rings. The molecule has 2 aliphatic carbocycles. The summed E-state index contributed by atoms with van der Waals surface area (Å²) in [4.78, 5) is 19.4. The van der Waals surface area contributed by atoms with E-state index in [2.05, 4.69) is 4.99 Å². The summed E-state index contributed by atoms with van der Waals surface area (Å²) in [6.45, 7) is 0.692.